The van der Waals surface area contributed by atoms with Crippen LogP contribution in [-0.2, 0) is 0 Å². The van der Waals surface area contributed by atoms with Crippen molar-refractivity contribution in [3.05, 3.63) is 212 Å². The first-order valence-electron chi connectivity index (χ1n) is 21.3. The average Bonchev–Trinajstić information content (AvgIpc) is 3.91. The van der Waals surface area contributed by atoms with E-state index in [1.807, 2.05) is 31.3 Å². The van der Waals surface area contributed by atoms with Crippen molar-refractivity contribution in [3.63, 3.8) is 0 Å². The Morgan fingerprint density at radius 3 is 1.69 bits per heavy atom. The van der Waals surface area contributed by atoms with Crippen molar-refractivity contribution >= 4 is 64.2 Å². The van der Waals surface area contributed by atoms with Gasteiger partial charge in [0.15, 0.2) is 0 Å². The molecule has 0 saturated carbocycles. The summed E-state index contributed by atoms with van der Waals surface area (Å²) >= 11 is 1.87. The standard InChI is InChI=1S/C56H35N3S.C2H6/c1-3-16-36(17-4-1)42-34-48(41-23-14-21-39(33-41)38-20-13-22-40(32-38)43-27-15-28-46-45-25-9-12-31-52(45)60-55(43)46)54-49(35-42)44-24-8-11-30-51(44)59(54)56-57-50-29-10-7-26-47(50)53(58-56)37-18-5-2-6-19-37;1-2/h1-35H;1-2H3. The van der Waals surface area contributed by atoms with Crippen LogP contribution in [0.2, 0.25) is 0 Å². The van der Waals surface area contributed by atoms with E-state index in [0.717, 1.165) is 66.2 Å². The average molecular weight is 812 g/mol. The van der Waals surface area contributed by atoms with E-state index in [2.05, 4.69) is 211 Å². The van der Waals surface area contributed by atoms with Crippen LogP contribution in [0.25, 0.3) is 115 Å². The first kappa shape index (κ1) is 37.3. The number of aromatic nitrogens is 3. The Balaban J connectivity index is 0.00000213. The van der Waals surface area contributed by atoms with E-state index in [4.69, 9.17) is 9.97 Å². The fraction of sp³-hybridized carbons (Fsp3) is 0.0345. The smallest absolute Gasteiger partial charge is 0.235 e. The first-order valence-corrected chi connectivity index (χ1v) is 22.1. The van der Waals surface area contributed by atoms with Crippen LogP contribution in [-0.4, -0.2) is 14.5 Å². The number of para-hydroxylation sites is 2. The monoisotopic (exact) mass is 811 g/mol. The number of hydrogen-bond donors (Lipinski definition) is 0. The lowest BCUT2D eigenvalue weighted by molar-refractivity contribution is 1.01. The minimum absolute atomic E-state index is 0.645. The molecule has 62 heavy (non-hydrogen) atoms. The van der Waals surface area contributed by atoms with E-state index in [0.29, 0.717) is 5.95 Å². The minimum atomic E-state index is 0.645. The van der Waals surface area contributed by atoms with Gasteiger partial charge in [-0.25, -0.2) is 9.97 Å². The molecule has 12 rings (SSSR count). The second kappa shape index (κ2) is 15.7. The summed E-state index contributed by atoms with van der Waals surface area (Å²) in [6.45, 7) is 4.00. The van der Waals surface area contributed by atoms with E-state index >= 15 is 0 Å². The molecule has 0 aliphatic carbocycles. The highest BCUT2D eigenvalue weighted by atomic mass is 32.1. The SMILES string of the molecule is CC.c1ccc(-c2cc(-c3cccc(-c4cccc(-c5cccc6c5sc5ccccc56)c4)c3)c3c(c2)c2ccccc2n3-c2nc(-c3ccccc3)c3ccccc3n2)cc1. The molecule has 4 heteroatoms. The zero-order chi connectivity index (χ0) is 41.6. The van der Waals surface area contributed by atoms with E-state index in [1.165, 1.54) is 42.4 Å². The highest BCUT2D eigenvalue weighted by Crippen LogP contribution is 2.44. The van der Waals surface area contributed by atoms with Crippen molar-refractivity contribution in [2.75, 3.05) is 0 Å². The number of fused-ring (bicyclic) bond motifs is 7. The van der Waals surface area contributed by atoms with Gasteiger partial charge in [-0.05, 0) is 81.4 Å². The molecule has 294 valence electrons. The second-order valence-electron chi connectivity index (χ2n) is 15.3. The number of thiophene rings is 1. The topological polar surface area (TPSA) is 30.7 Å². The van der Waals surface area contributed by atoms with Crippen molar-refractivity contribution in [2.24, 2.45) is 0 Å². The lowest BCUT2D eigenvalue weighted by atomic mass is 9.93. The summed E-state index contributed by atoms with van der Waals surface area (Å²) in [7, 11) is 0. The molecule has 9 aromatic carbocycles. The third-order valence-corrected chi connectivity index (χ3v) is 13.0. The Labute approximate surface area is 364 Å². The molecule has 0 atom stereocenters. The molecule has 3 heterocycles. The van der Waals surface area contributed by atoms with Crippen LogP contribution in [0.5, 0.6) is 0 Å². The van der Waals surface area contributed by atoms with Gasteiger partial charge in [0.05, 0.1) is 22.2 Å². The summed E-state index contributed by atoms with van der Waals surface area (Å²) in [5.74, 6) is 0.645. The molecule has 0 aliphatic rings. The predicted octanol–water partition coefficient (Wildman–Crippen LogP) is 16.5. The summed E-state index contributed by atoms with van der Waals surface area (Å²) in [6, 6.07) is 76.3. The highest BCUT2D eigenvalue weighted by molar-refractivity contribution is 7.26. The van der Waals surface area contributed by atoms with Gasteiger partial charge >= 0.3 is 0 Å². The van der Waals surface area contributed by atoms with Gasteiger partial charge in [-0.2, -0.15) is 0 Å². The molecular formula is C58H41N3S. The van der Waals surface area contributed by atoms with Crippen LogP contribution in [0, 0.1) is 0 Å². The zero-order valence-electron chi connectivity index (χ0n) is 34.5. The predicted molar refractivity (Wildman–Crippen MR) is 265 cm³/mol. The van der Waals surface area contributed by atoms with Crippen molar-refractivity contribution < 1.29 is 0 Å². The Hall–Kier alpha value is -7.66. The molecule has 0 saturated heterocycles. The quantitative estimate of drug-likeness (QED) is 0.167. The molecule has 0 fully saturated rings. The van der Waals surface area contributed by atoms with Crippen molar-refractivity contribution in [1.82, 2.24) is 14.5 Å². The summed E-state index contributed by atoms with van der Waals surface area (Å²) in [4.78, 5) is 10.7. The molecular weight excluding hydrogens is 771 g/mol. The van der Waals surface area contributed by atoms with Crippen LogP contribution in [0.3, 0.4) is 0 Å². The molecule has 3 aromatic heterocycles. The van der Waals surface area contributed by atoms with E-state index in [9.17, 15) is 0 Å². The zero-order valence-corrected chi connectivity index (χ0v) is 35.3. The Morgan fingerprint density at radius 2 is 0.935 bits per heavy atom. The van der Waals surface area contributed by atoms with Gasteiger partial charge in [-0.3, -0.25) is 4.57 Å². The fourth-order valence-corrected chi connectivity index (χ4v) is 10.2. The molecule has 12 aromatic rings. The van der Waals surface area contributed by atoms with Gasteiger partial charge in [0.1, 0.15) is 0 Å². The molecule has 0 spiro atoms. The van der Waals surface area contributed by atoms with Gasteiger partial charge in [0, 0.05) is 47.5 Å². The van der Waals surface area contributed by atoms with E-state index in [-0.39, 0.29) is 0 Å². The summed E-state index contributed by atoms with van der Waals surface area (Å²) < 4.78 is 4.92. The lowest BCUT2D eigenvalue weighted by Crippen LogP contribution is -2.04. The third-order valence-electron chi connectivity index (χ3n) is 11.8. The van der Waals surface area contributed by atoms with Crippen LogP contribution in [0.15, 0.2) is 212 Å². The molecule has 0 amide bonds. The Kier molecular flexibility index (Phi) is 9.48. The number of hydrogen-bond acceptors (Lipinski definition) is 3. The minimum Gasteiger partial charge on any atom is -0.277 e. The maximum atomic E-state index is 5.42. The van der Waals surface area contributed by atoms with Crippen LogP contribution in [0.1, 0.15) is 13.8 Å². The maximum Gasteiger partial charge on any atom is 0.235 e. The van der Waals surface area contributed by atoms with Gasteiger partial charge in [0.2, 0.25) is 5.95 Å². The van der Waals surface area contributed by atoms with Gasteiger partial charge in [0.25, 0.3) is 0 Å². The van der Waals surface area contributed by atoms with E-state index in [1.54, 1.807) is 0 Å². The van der Waals surface area contributed by atoms with Crippen molar-refractivity contribution in [3.8, 4) is 61.7 Å². The molecule has 3 nitrogen and oxygen atoms in total. The second-order valence-corrected chi connectivity index (χ2v) is 16.4. The normalized spacial score (nSPS) is 11.4. The first-order chi connectivity index (χ1) is 30.7. The van der Waals surface area contributed by atoms with Crippen LogP contribution < -0.4 is 0 Å². The van der Waals surface area contributed by atoms with Crippen LogP contribution in [0.4, 0.5) is 0 Å². The third kappa shape index (κ3) is 6.35. The largest absolute Gasteiger partial charge is 0.277 e. The molecule has 0 N–H and O–H groups in total. The van der Waals surface area contributed by atoms with Crippen molar-refractivity contribution in [2.45, 2.75) is 13.8 Å². The summed E-state index contributed by atoms with van der Waals surface area (Å²) in [5, 5.41) is 5.96. The van der Waals surface area contributed by atoms with Gasteiger partial charge in [-0.15, -0.1) is 11.3 Å². The molecule has 0 aliphatic heterocycles. The Morgan fingerprint density at radius 1 is 0.371 bits per heavy atom. The van der Waals surface area contributed by atoms with E-state index < -0.39 is 0 Å². The Bertz CT molecular complexity index is 3600. The fourth-order valence-electron chi connectivity index (χ4n) is 9.01. The summed E-state index contributed by atoms with van der Waals surface area (Å²) in [6.07, 6.45) is 0. The lowest BCUT2D eigenvalue weighted by Gasteiger charge is -2.15. The van der Waals surface area contributed by atoms with Gasteiger partial charge in [-0.1, -0.05) is 184 Å². The molecule has 0 unspecified atom stereocenters. The molecule has 0 bridgehead atoms. The number of rotatable bonds is 6. The summed E-state index contributed by atoms with van der Waals surface area (Å²) in [5.41, 5.74) is 14.4. The molecule has 0 radical (unpaired) electrons. The van der Waals surface area contributed by atoms with Crippen molar-refractivity contribution in [1.29, 1.82) is 0 Å². The number of benzene rings is 9. The number of nitrogens with zero attached hydrogens (tertiary/aromatic N) is 3. The van der Waals surface area contributed by atoms with Gasteiger partial charge < -0.3 is 0 Å². The van der Waals surface area contributed by atoms with Crippen LogP contribution >= 0.6 is 11.3 Å². The maximum absolute atomic E-state index is 5.42. The highest BCUT2D eigenvalue weighted by Gasteiger charge is 2.22.